The lowest BCUT2D eigenvalue weighted by Gasteiger charge is -2.29. The van der Waals surface area contributed by atoms with Crippen LogP contribution in [0.4, 0.5) is 4.39 Å². The summed E-state index contributed by atoms with van der Waals surface area (Å²) in [4.78, 5) is 0. The smallest absolute Gasteiger partial charge is 0.123 e. The SMILES string of the molecule is OCC(CO)(CO)NCc1cc(F)ccc1Br. The van der Waals surface area contributed by atoms with Gasteiger partial charge in [-0.25, -0.2) is 4.39 Å². The standard InChI is InChI=1S/C11H15BrFNO3/c12-10-2-1-9(13)3-8(10)4-14-11(5-15,6-16)7-17/h1-3,14-17H,4-7H2. The summed E-state index contributed by atoms with van der Waals surface area (Å²) in [7, 11) is 0. The Bertz CT molecular complexity index is 363. The van der Waals surface area contributed by atoms with Crippen molar-refractivity contribution in [3.63, 3.8) is 0 Å². The lowest BCUT2D eigenvalue weighted by Crippen LogP contribution is -2.54. The van der Waals surface area contributed by atoms with Crippen LogP contribution in [0.15, 0.2) is 22.7 Å². The Morgan fingerprint density at radius 2 is 1.76 bits per heavy atom. The van der Waals surface area contributed by atoms with E-state index in [9.17, 15) is 4.39 Å². The maximum Gasteiger partial charge on any atom is 0.123 e. The molecule has 0 saturated heterocycles. The number of halogens is 2. The highest BCUT2D eigenvalue weighted by molar-refractivity contribution is 9.10. The Hall–Kier alpha value is -0.530. The first kappa shape index (κ1) is 14.5. The topological polar surface area (TPSA) is 72.7 Å². The first-order valence-corrected chi connectivity index (χ1v) is 5.88. The van der Waals surface area contributed by atoms with Gasteiger partial charge in [0.25, 0.3) is 0 Å². The van der Waals surface area contributed by atoms with E-state index in [1.165, 1.54) is 12.1 Å². The molecule has 4 nitrogen and oxygen atoms in total. The highest BCUT2D eigenvalue weighted by Crippen LogP contribution is 2.18. The van der Waals surface area contributed by atoms with Gasteiger partial charge in [0.05, 0.1) is 25.4 Å². The molecule has 0 saturated carbocycles. The molecular formula is C11H15BrFNO3. The van der Waals surface area contributed by atoms with E-state index in [1.807, 2.05) is 0 Å². The zero-order valence-electron chi connectivity index (χ0n) is 9.16. The highest BCUT2D eigenvalue weighted by atomic mass is 79.9. The summed E-state index contributed by atoms with van der Waals surface area (Å²) in [5.41, 5.74) is -0.518. The van der Waals surface area contributed by atoms with E-state index in [1.54, 1.807) is 6.07 Å². The molecule has 1 rings (SSSR count). The molecule has 0 heterocycles. The number of aliphatic hydroxyl groups excluding tert-OH is 3. The average Bonchev–Trinajstić information content (AvgIpc) is 2.35. The first-order chi connectivity index (χ1) is 8.06. The van der Waals surface area contributed by atoms with Gasteiger partial charge in [-0.05, 0) is 23.8 Å². The maximum atomic E-state index is 13.0. The van der Waals surface area contributed by atoms with Gasteiger partial charge in [0.2, 0.25) is 0 Å². The number of benzene rings is 1. The first-order valence-electron chi connectivity index (χ1n) is 5.08. The summed E-state index contributed by atoms with van der Waals surface area (Å²) in [5, 5.41) is 30.2. The third-order valence-corrected chi connectivity index (χ3v) is 3.34. The van der Waals surface area contributed by atoms with Gasteiger partial charge in [-0.3, -0.25) is 0 Å². The molecule has 96 valence electrons. The molecule has 0 aliphatic heterocycles. The minimum Gasteiger partial charge on any atom is -0.394 e. The highest BCUT2D eigenvalue weighted by Gasteiger charge is 2.27. The van der Waals surface area contributed by atoms with Gasteiger partial charge in [-0.1, -0.05) is 15.9 Å². The molecule has 0 fully saturated rings. The van der Waals surface area contributed by atoms with Gasteiger partial charge in [-0.2, -0.15) is 0 Å². The van der Waals surface area contributed by atoms with Crippen LogP contribution in [-0.2, 0) is 6.54 Å². The Morgan fingerprint density at radius 3 is 2.29 bits per heavy atom. The van der Waals surface area contributed by atoms with Gasteiger partial charge in [-0.15, -0.1) is 0 Å². The molecule has 0 atom stereocenters. The van der Waals surface area contributed by atoms with Crippen molar-refractivity contribution in [3.8, 4) is 0 Å². The largest absolute Gasteiger partial charge is 0.394 e. The summed E-state index contributed by atoms with van der Waals surface area (Å²) in [6.07, 6.45) is 0. The molecule has 4 N–H and O–H groups in total. The van der Waals surface area contributed by atoms with E-state index in [0.717, 1.165) is 0 Å². The molecule has 0 aliphatic carbocycles. The number of hydrogen-bond donors (Lipinski definition) is 4. The molecule has 0 bridgehead atoms. The fourth-order valence-electron chi connectivity index (χ4n) is 1.28. The van der Waals surface area contributed by atoms with Crippen molar-refractivity contribution >= 4 is 15.9 Å². The second-order valence-electron chi connectivity index (χ2n) is 3.84. The van der Waals surface area contributed by atoms with Crippen LogP contribution >= 0.6 is 15.9 Å². The van der Waals surface area contributed by atoms with Crippen LogP contribution in [0, 0.1) is 5.82 Å². The van der Waals surface area contributed by atoms with Crippen LogP contribution in [0.5, 0.6) is 0 Å². The normalized spacial score (nSPS) is 11.8. The van der Waals surface area contributed by atoms with Crippen molar-refractivity contribution in [2.24, 2.45) is 0 Å². The van der Waals surface area contributed by atoms with E-state index >= 15 is 0 Å². The van der Waals surface area contributed by atoms with Crippen LogP contribution in [0.3, 0.4) is 0 Å². The second kappa shape index (κ2) is 6.42. The van der Waals surface area contributed by atoms with Gasteiger partial charge >= 0.3 is 0 Å². The minimum absolute atomic E-state index is 0.222. The van der Waals surface area contributed by atoms with E-state index in [4.69, 9.17) is 15.3 Å². The molecule has 1 aromatic carbocycles. The molecular weight excluding hydrogens is 293 g/mol. The maximum absolute atomic E-state index is 13.0. The number of nitrogens with one attached hydrogen (secondary N) is 1. The predicted octanol–water partition coefficient (Wildman–Crippen LogP) is 0.393. The second-order valence-corrected chi connectivity index (χ2v) is 4.70. The van der Waals surface area contributed by atoms with Crippen molar-refractivity contribution in [2.45, 2.75) is 12.1 Å². The van der Waals surface area contributed by atoms with E-state index < -0.39 is 25.4 Å². The van der Waals surface area contributed by atoms with Crippen molar-refractivity contribution in [1.82, 2.24) is 5.32 Å². The lowest BCUT2D eigenvalue weighted by molar-refractivity contribution is 0.0413. The molecule has 0 aromatic heterocycles. The zero-order chi connectivity index (χ0) is 12.9. The monoisotopic (exact) mass is 307 g/mol. The van der Waals surface area contributed by atoms with Crippen LogP contribution in [0.1, 0.15) is 5.56 Å². The van der Waals surface area contributed by atoms with Gasteiger partial charge in [0, 0.05) is 11.0 Å². The summed E-state index contributed by atoms with van der Waals surface area (Å²) in [5.74, 6) is -0.368. The van der Waals surface area contributed by atoms with Crippen LogP contribution in [-0.4, -0.2) is 40.7 Å². The molecule has 0 spiro atoms. The minimum atomic E-state index is -1.16. The summed E-state index contributed by atoms with van der Waals surface area (Å²) in [6.45, 7) is -1.01. The molecule has 1 aromatic rings. The fourth-order valence-corrected chi connectivity index (χ4v) is 1.67. The van der Waals surface area contributed by atoms with E-state index in [0.29, 0.717) is 10.0 Å². The summed E-state index contributed by atoms with van der Waals surface area (Å²) >= 11 is 3.27. The molecule has 6 heteroatoms. The third-order valence-electron chi connectivity index (χ3n) is 2.57. The third kappa shape index (κ3) is 3.72. The van der Waals surface area contributed by atoms with E-state index in [-0.39, 0.29) is 12.4 Å². The lowest BCUT2D eigenvalue weighted by atomic mass is 10.0. The van der Waals surface area contributed by atoms with Crippen LogP contribution in [0.2, 0.25) is 0 Å². The molecule has 0 amide bonds. The number of rotatable bonds is 6. The quantitative estimate of drug-likeness (QED) is 0.614. The van der Waals surface area contributed by atoms with Crippen LogP contribution in [0.25, 0.3) is 0 Å². The summed E-state index contributed by atoms with van der Waals surface area (Å²) < 4.78 is 13.7. The molecule has 0 radical (unpaired) electrons. The van der Waals surface area contributed by atoms with Gasteiger partial charge in [0.1, 0.15) is 5.82 Å². The van der Waals surface area contributed by atoms with Gasteiger partial charge < -0.3 is 20.6 Å². The Morgan fingerprint density at radius 1 is 1.18 bits per heavy atom. The summed E-state index contributed by atoms with van der Waals surface area (Å²) in [6, 6.07) is 4.24. The van der Waals surface area contributed by atoms with Crippen molar-refractivity contribution < 1.29 is 19.7 Å². The number of aliphatic hydroxyl groups is 3. The Balaban J connectivity index is 2.75. The van der Waals surface area contributed by atoms with Crippen molar-refractivity contribution in [2.75, 3.05) is 19.8 Å². The number of hydrogen-bond acceptors (Lipinski definition) is 4. The van der Waals surface area contributed by atoms with Crippen molar-refractivity contribution in [1.29, 1.82) is 0 Å². The fraction of sp³-hybridized carbons (Fsp3) is 0.455. The molecule has 0 aliphatic rings. The molecule has 0 unspecified atom stereocenters. The predicted molar refractivity (Wildman–Crippen MR) is 64.9 cm³/mol. The van der Waals surface area contributed by atoms with E-state index in [2.05, 4.69) is 21.2 Å². The molecule has 17 heavy (non-hydrogen) atoms. The zero-order valence-corrected chi connectivity index (χ0v) is 10.7. The van der Waals surface area contributed by atoms with Crippen LogP contribution < -0.4 is 5.32 Å². The Labute approximate surface area is 107 Å². The average molecular weight is 308 g/mol. The van der Waals surface area contributed by atoms with Crippen molar-refractivity contribution in [3.05, 3.63) is 34.1 Å². The Kier molecular flexibility index (Phi) is 5.48. The van der Waals surface area contributed by atoms with Gasteiger partial charge in [0.15, 0.2) is 0 Å².